The van der Waals surface area contributed by atoms with E-state index < -0.39 is 11.4 Å². The molecule has 17 heavy (non-hydrogen) atoms. The number of aryl methyl sites for hydroxylation is 1. The van der Waals surface area contributed by atoms with Gasteiger partial charge in [0.15, 0.2) is 0 Å². The Balaban J connectivity index is 3.25. The number of rotatable bonds is 3. The number of carboxylic acids is 1. The average molecular weight is 301 g/mol. The predicted octanol–water partition coefficient (Wildman–Crippen LogP) is 3.42. The lowest BCUT2D eigenvalue weighted by atomic mass is 9.83. The molecule has 0 unspecified atom stereocenters. The van der Waals surface area contributed by atoms with Crippen LogP contribution in [0, 0.1) is 19.3 Å². The number of phenols is 1. The molecule has 0 aromatic heterocycles. The van der Waals surface area contributed by atoms with E-state index >= 15 is 0 Å². The lowest BCUT2D eigenvalue weighted by Gasteiger charge is -2.22. The summed E-state index contributed by atoms with van der Waals surface area (Å²) in [4.78, 5) is 11.1. The minimum atomic E-state index is -0.819. The van der Waals surface area contributed by atoms with Crippen LogP contribution in [0.3, 0.4) is 0 Å². The number of aliphatic carboxylic acids is 1. The van der Waals surface area contributed by atoms with Crippen molar-refractivity contribution in [3.05, 3.63) is 27.2 Å². The second kappa shape index (κ2) is 4.69. The number of hydrogen-bond donors (Lipinski definition) is 2. The number of benzene rings is 1. The van der Waals surface area contributed by atoms with Gasteiger partial charge in [0.25, 0.3) is 0 Å². The summed E-state index contributed by atoms with van der Waals surface area (Å²) in [6.07, 6.45) is 0.443. The topological polar surface area (TPSA) is 57.5 Å². The number of carbonyl (C=O) groups is 1. The van der Waals surface area contributed by atoms with Gasteiger partial charge in [-0.15, -0.1) is 0 Å². The number of hydrogen-bond acceptors (Lipinski definition) is 2. The average Bonchev–Trinajstić information content (AvgIpc) is 2.21. The van der Waals surface area contributed by atoms with Crippen LogP contribution in [-0.4, -0.2) is 16.2 Å². The second-order valence-electron chi connectivity index (χ2n) is 5.00. The Labute approximate surface area is 110 Å². The van der Waals surface area contributed by atoms with Crippen LogP contribution in [0.15, 0.2) is 10.5 Å². The van der Waals surface area contributed by atoms with Crippen molar-refractivity contribution in [2.24, 2.45) is 5.41 Å². The molecule has 0 spiro atoms. The van der Waals surface area contributed by atoms with E-state index in [-0.39, 0.29) is 5.75 Å². The highest BCUT2D eigenvalue weighted by molar-refractivity contribution is 9.10. The Kier molecular flexibility index (Phi) is 3.87. The molecular weight excluding hydrogens is 284 g/mol. The van der Waals surface area contributed by atoms with E-state index in [0.717, 1.165) is 16.7 Å². The van der Waals surface area contributed by atoms with E-state index in [1.165, 1.54) is 0 Å². The van der Waals surface area contributed by atoms with Crippen LogP contribution in [-0.2, 0) is 11.2 Å². The first kappa shape index (κ1) is 14.0. The zero-order valence-corrected chi connectivity index (χ0v) is 12.1. The summed E-state index contributed by atoms with van der Waals surface area (Å²) in [5.74, 6) is -0.627. The maximum atomic E-state index is 11.1. The van der Waals surface area contributed by atoms with E-state index in [4.69, 9.17) is 5.11 Å². The minimum Gasteiger partial charge on any atom is -0.507 e. The normalized spacial score (nSPS) is 11.6. The van der Waals surface area contributed by atoms with Crippen molar-refractivity contribution in [2.75, 3.05) is 0 Å². The Bertz CT molecular complexity index is 464. The van der Waals surface area contributed by atoms with Crippen molar-refractivity contribution < 1.29 is 15.0 Å². The molecule has 0 atom stereocenters. The highest BCUT2D eigenvalue weighted by atomic mass is 79.9. The summed E-state index contributed by atoms with van der Waals surface area (Å²) in [7, 11) is 0. The lowest BCUT2D eigenvalue weighted by molar-refractivity contribution is -0.146. The van der Waals surface area contributed by atoms with E-state index in [2.05, 4.69) is 15.9 Å². The fourth-order valence-electron chi connectivity index (χ4n) is 1.77. The molecular formula is C13H17BrO3. The molecule has 0 saturated heterocycles. The zero-order chi connectivity index (χ0) is 13.4. The molecule has 0 radical (unpaired) electrons. The fourth-order valence-corrected chi connectivity index (χ4v) is 2.12. The van der Waals surface area contributed by atoms with E-state index in [0.29, 0.717) is 10.9 Å². The van der Waals surface area contributed by atoms with Gasteiger partial charge in [-0.3, -0.25) is 4.79 Å². The number of phenolic OH excluding ortho intramolecular Hbond substituents is 1. The van der Waals surface area contributed by atoms with Crippen molar-refractivity contribution in [1.82, 2.24) is 0 Å². The molecule has 0 aliphatic heterocycles. The Morgan fingerprint density at radius 2 is 1.94 bits per heavy atom. The van der Waals surface area contributed by atoms with Crippen LogP contribution in [0.2, 0.25) is 0 Å². The third kappa shape index (κ3) is 2.80. The molecule has 94 valence electrons. The first-order valence-electron chi connectivity index (χ1n) is 5.37. The molecule has 0 bridgehead atoms. The van der Waals surface area contributed by atoms with Gasteiger partial charge >= 0.3 is 5.97 Å². The highest BCUT2D eigenvalue weighted by Gasteiger charge is 2.29. The van der Waals surface area contributed by atoms with Gasteiger partial charge in [-0.1, -0.05) is 0 Å². The minimum absolute atomic E-state index is 0.192. The summed E-state index contributed by atoms with van der Waals surface area (Å²) < 4.78 is 0.638. The largest absolute Gasteiger partial charge is 0.507 e. The van der Waals surface area contributed by atoms with Gasteiger partial charge in [-0.25, -0.2) is 0 Å². The van der Waals surface area contributed by atoms with Crippen LogP contribution in [0.1, 0.15) is 30.5 Å². The molecule has 4 heteroatoms. The maximum absolute atomic E-state index is 11.1. The Morgan fingerprint density at radius 3 is 2.41 bits per heavy atom. The number of halogens is 1. The van der Waals surface area contributed by atoms with Gasteiger partial charge in [-0.05, 0) is 72.8 Å². The molecule has 1 aromatic rings. The molecule has 0 aliphatic carbocycles. The SMILES string of the molecule is Cc1cc(O)c(Br)c(C)c1CC(C)(C)C(=O)O. The molecule has 0 fully saturated rings. The Hall–Kier alpha value is -1.03. The van der Waals surface area contributed by atoms with Gasteiger partial charge in [-0.2, -0.15) is 0 Å². The van der Waals surface area contributed by atoms with Crippen LogP contribution < -0.4 is 0 Å². The first-order chi connectivity index (χ1) is 7.66. The van der Waals surface area contributed by atoms with Crippen molar-refractivity contribution in [1.29, 1.82) is 0 Å². The zero-order valence-electron chi connectivity index (χ0n) is 10.5. The molecule has 0 aliphatic rings. The molecule has 1 aromatic carbocycles. The highest BCUT2D eigenvalue weighted by Crippen LogP contribution is 2.35. The third-order valence-corrected chi connectivity index (χ3v) is 4.03. The summed E-state index contributed by atoms with van der Waals surface area (Å²) in [5.41, 5.74) is 1.97. The van der Waals surface area contributed by atoms with Crippen LogP contribution in [0.25, 0.3) is 0 Å². The molecule has 0 amide bonds. The lowest BCUT2D eigenvalue weighted by Crippen LogP contribution is -2.27. The summed E-state index contributed by atoms with van der Waals surface area (Å²) in [6, 6.07) is 1.66. The Morgan fingerprint density at radius 1 is 1.41 bits per heavy atom. The summed E-state index contributed by atoms with van der Waals surface area (Å²) in [6.45, 7) is 7.17. The molecule has 0 heterocycles. The van der Waals surface area contributed by atoms with Crippen molar-refractivity contribution >= 4 is 21.9 Å². The van der Waals surface area contributed by atoms with Gasteiger partial charge in [0.2, 0.25) is 0 Å². The van der Waals surface area contributed by atoms with Crippen molar-refractivity contribution in [3.63, 3.8) is 0 Å². The number of carboxylic acid groups (broad SMARTS) is 1. The molecule has 2 N–H and O–H groups in total. The summed E-state index contributed by atoms with van der Waals surface area (Å²) in [5, 5.41) is 18.8. The van der Waals surface area contributed by atoms with E-state index in [9.17, 15) is 9.90 Å². The smallest absolute Gasteiger partial charge is 0.309 e. The number of aromatic hydroxyl groups is 1. The molecule has 3 nitrogen and oxygen atoms in total. The van der Waals surface area contributed by atoms with Gasteiger partial charge < -0.3 is 10.2 Å². The van der Waals surface area contributed by atoms with Crippen LogP contribution >= 0.6 is 15.9 Å². The van der Waals surface area contributed by atoms with Crippen LogP contribution in [0.5, 0.6) is 5.75 Å². The second-order valence-corrected chi connectivity index (χ2v) is 5.79. The van der Waals surface area contributed by atoms with Gasteiger partial charge in [0, 0.05) is 0 Å². The molecule has 1 rings (SSSR count). The quantitative estimate of drug-likeness (QED) is 0.899. The van der Waals surface area contributed by atoms with E-state index in [1.54, 1.807) is 19.9 Å². The first-order valence-corrected chi connectivity index (χ1v) is 6.17. The third-order valence-electron chi connectivity index (χ3n) is 3.03. The van der Waals surface area contributed by atoms with Gasteiger partial charge in [0.05, 0.1) is 9.89 Å². The predicted molar refractivity (Wildman–Crippen MR) is 70.4 cm³/mol. The van der Waals surface area contributed by atoms with Crippen LogP contribution in [0.4, 0.5) is 0 Å². The fraction of sp³-hybridized carbons (Fsp3) is 0.462. The standard InChI is InChI=1S/C13H17BrO3/c1-7-5-10(15)11(14)8(2)9(7)6-13(3,4)12(16)17/h5,15H,6H2,1-4H3,(H,16,17). The van der Waals surface area contributed by atoms with E-state index in [1.807, 2.05) is 13.8 Å². The maximum Gasteiger partial charge on any atom is 0.309 e. The van der Waals surface area contributed by atoms with Gasteiger partial charge in [0.1, 0.15) is 5.75 Å². The van der Waals surface area contributed by atoms with Crippen molar-refractivity contribution in [2.45, 2.75) is 34.1 Å². The summed E-state index contributed by atoms with van der Waals surface area (Å²) >= 11 is 3.31. The molecule has 0 saturated carbocycles. The monoisotopic (exact) mass is 300 g/mol. The van der Waals surface area contributed by atoms with Crippen molar-refractivity contribution in [3.8, 4) is 5.75 Å².